The Hall–Kier alpha value is -1.53. The Labute approximate surface area is 110 Å². The quantitative estimate of drug-likeness (QED) is 0.782. The zero-order valence-corrected chi connectivity index (χ0v) is 11.3. The van der Waals surface area contributed by atoms with E-state index in [1.165, 1.54) is 4.90 Å². The lowest BCUT2D eigenvalue weighted by Crippen LogP contribution is -2.11. The van der Waals surface area contributed by atoms with E-state index >= 15 is 0 Å². The average molecular weight is 264 g/mol. The van der Waals surface area contributed by atoms with E-state index in [2.05, 4.69) is 20.8 Å². The van der Waals surface area contributed by atoms with Crippen LogP contribution in [0.3, 0.4) is 0 Å². The van der Waals surface area contributed by atoms with Gasteiger partial charge in [0.05, 0.1) is 6.54 Å². The van der Waals surface area contributed by atoms with Gasteiger partial charge in [0, 0.05) is 10.6 Å². The van der Waals surface area contributed by atoms with Crippen LogP contribution in [0.2, 0.25) is 0 Å². The molecule has 1 heterocycles. The van der Waals surface area contributed by atoms with E-state index in [-0.39, 0.29) is 0 Å². The molecule has 0 saturated carbocycles. The second-order valence-electron chi connectivity index (χ2n) is 3.63. The first-order chi connectivity index (χ1) is 8.81. The molecule has 0 atom stereocenters. The number of thioether (sulfide) groups is 1. The summed E-state index contributed by atoms with van der Waals surface area (Å²) >= 11 is 1.71. The topological polar surface area (TPSA) is 63.0 Å². The molecule has 0 radical (unpaired) electrons. The molecular formula is C12H16N4OS. The van der Waals surface area contributed by atoms with Crippen LogP contribution in [-0.4, -0.2) is 23.0 Å². The number of hydrogen-bond acceptors (Lipinski definition) is 6. The number of nitrogens with one attached hydrogen (secondary N) is 2. The second-order valence-corrected chi connectivity index (χ2v) is 4.51. The minimum Gasteiger partial charge on any atom is -0.406 e. The Morgan fingerprint density at radius 3 is 2.67 bits per heavy atom. The van der Waals surface area contributed by atoms with Crippen LogP contribution in [0, 0.1) is 0 Å². The average Bonchev–Trinajstić information content (AvgIpc) is 2.85. The number of hydrogen-bond donors (Lipinski definition) is 2. The lowest BCUT2D eigenvalue weighted by molar-refractivity contribution is 0.484. The fourth-order valence-electron chi connectivity index (χ4n) is 1.41. The van der Waals surface area contributed by atoms with E-state index in [4.69, 9.17) is 4.42 Å². The minimum absolute atomic E-state index is 0.416. The van der Waals surface area contributed by atoms with Crippen LogP contribution < -0.4 is 10.6 Å². The summed E-state index contributed by atoms with van der Waals surface area (Å²) in [5.74, 6) is 0.583. The summed E-state index contributed by atoms with van der Waals surface area (Å²) in [5, 5.41) is 14.1. The second kappa shape index (κ2) is 6.42. The highest BCUT2D eigenvalue weighted by Gasteiger charge is 2.05. The first-order valence-electron chi connectivity index (χ1n) is 5.76. The highest BCUT2D eigenvalue weighted by molar-refractivity contribution is 7.98. The molecule has 5 nitrogen and oxygen atoms in total. The molecule has 0 saturated heterocycles. The molecule has 1 aromatic carbocycles. The normalized spacial score (nSPS) is 10.6. The van der Waals surface area contributed by atoms with Crippen molar-refractivity contribution in [3.05, 3.63) is 30.2 Å². The molecule has 2 N–H and O–H groups in total. The van der Waals surface area contributed by atoms with E-state index in [0.29, 0.717) is 18.5 Å². The molecule has 2 rings (SSSR count). The number of benzene rings is 1. The van der Waals surface area contributed by atoms with Crippen LogP contribution in [0.4, 0.5) is 11.7 Å². The molecular weight excluding hydrogens is 248 g/mol. The van der Waals surface area contributed by atoms with Gasteiger partial charge in [0.15, 0.2) is 0 Å². The van der Waals surface area contributed by atoms with Crippen LogP contribution in [-0.2, 0) is 6.54 Å². The highest BCUT2D eigenvalue weighted by atomic mass is 32.2. The van der Waals surface area contributed by atoms with Gasteiger partial charge in [-0.3, -0.25) is 0 Å². The molecule has 2 aromatic rings. The summed E-state index contributed by atoms with van der Waals surface area (Å²) in [6.07, 6.45) is 2.05. The smallest absolute Gasteiger partial charge is 0.320 e. The van der Waals surface area contributed by atoms with Crippen molar-refractivity contribution in [2.24, 2.45) is 0 Å². The summed E-state index contributed by atoms with van der Waals surface area (Å²) in [4.78, 5) is 1.22. The van der Waals surface area contributed by atoms with Crippen LogP contribution in [0.5, 0.6) is 0 Å². The van der Waals surface area contributed by atoms with Crippen LogP contribution in [0.15, 0.2) is 33.6 Å². The van der Waals surface area contributed by atoms with E-state index in [9.17, 15) is 0 Å². The summed E-state index contributed by atoms with van der Waals surface area (Å²) in [7, 11) is 0. The predicted octanol–water partition coefficient (Wildman–Crippen LogP) is 2.64. The molecule has 0 fully saturated rings. The summed E-state index contributed by atoms with van der Waals surface area (Å²) in [5.41, 5.74) is 0.937. The Morgan fingerprint density at radius 2 is 2.00 bits per heavy atom. The van der Waals surface area contributed by atoms with Crippen molar-refractivity contribution in [1.29, 1.82) is 0 Å². The fourth-order valence-corrected chi connectivity index (χ4v) is 1.81. The molecule has 96 valence electrons. The summed E-state index contributed by atoms with van der Waals surface area (Å²) in [6, 6.07) is 8.48. The Balaban J connectivity index is 1.97. The molecule has 18 heavy (non-hydrogen) atoms. The van der Waals surface area contributed by atoms with Crippen molar-refractivity contribution >= 4 is 23.5 Å². The maximum absolute atomic E-state index is 5.45. The van der Waals surface area contributed by atoms with E-state index in [1.54, 1.807) is 11.8 Å². The van der Waals surface area contributed by atoms with Crippen molar-refractivity contribution in [3.8, 4) is 0 Å². The Morgan fingerprint density at radius 1 is 1.22 bits per heavy atom. The zero-order chi connectivity index (χ0) is 12.8. The number of rotatable bonds is 6. The van der Waals surface area contributed by atoms with Gasteiger partial charge in [-0.15, -0.1) is 16.9 Å². The molecule has 0 amide bonds. The third-order valence-electron chi connectivity index (χ3n) is 2.33. The first kappa shape index (κ1) is 12.9. The van der Waals surface area contributed by atoms with E-state index in [0.717, 1.165) is 12.2 Å². The third kappa shape index (κ3) is 3.48. The van der Waals surface area contributed by atoms with Crippen molar-refractivity contribution in [2.75, 3.05) is 18.1 Å². The summed E-state index contributed by atoms with van der Waals surface area (Å²) < 4.78 is 5.45. The van der Waals surface area contributed by atoms with Crippen molar-refractivity contribution in [1.82, 2.24) is 15.5 Å². The van der Waals surface area contributed by atoms with Gasteiger partial charge >= 0.3 is 6.01 Å². The van der Waals surface area contributed by atoms with Gasteiger partial charge < -0.3 is 15.1 Å². The lowest BCUT2D eigenvalue weighted by Gasteiger charge is -2.01. The van der Waals surface area contributed by atoms with Gasteiger partial charge in [0.2, 0.25) is 5.89 Å². The lowest BCUT2D eigenvalue weighted by atomic mass is 10.3. The molecule has 0 aliphatic carbocycles. The number of nitrogens with zero attached hydrogens (tertiary/aromatic N) is 2. The monoisotopic (exact) mass is 264 g/mol. The molecule has 1 aromatic heterocycles. The van der Waals surface area contributed by atoms with Gasteiger partial charge in [0.25, 0.3) is 0 Å². The molecule has 0 spiro atoms. The molecule has 0 unspecified atom stereocenters. The van der Waals surface area contributed by atoms with Crippen LogP contribution in [0.1, 0.15) is 12.8 Å². The molecule has 6 heteroatoms. The van der Waals surface area contributed by atoms with E-state index in [1.807, 2.05) is 37.4 Å². The van der Waals surface area contributed by atoms with Crippen molar-refractivity contribution < 1.29 is 4.42 Å². The van der Waals surface area contributed by atoms with Gasteiger partial charge in [0.1, 0.15) is 0 Å². The Bertz CT molecular complexity index is 483. The maximum atomic E-state index is 5.45. The summed E-state index contributed by atoms with van der Waals surface area (Å²) in [6.45, 7) is 3.50. The minimum atomic E-state index is 0.416. The molecule has 0 aliphatic rings. The van der Waals surface area contributed by atoms with Crippen LogP contribution >= 0.6 is 11.8 Å². The fraction of sp³-hybridized carbons (Fsp3) is 0.333. The van der Waals surface area contributed by atoms with Crippen molar-refractivity contribution in [2.45, 2.75) is 18.4 Å². The Kier molecular flexibility index (Phi) is 4.60. The van der Waals surface area contributed by atoms with Gasteiger partial charge in [-0.05, 0) is 37.1 Å². The first-order valence-corrected chi connectivity index (χ1v) is 6.98. The van der Waals surface area contributed by atoms with Crippen LogP contribution in [0.25, 0.3) is 0 Å². The van der Waals surface area contributed by atoms with Gasteiger partial charge in [-0.1, -0.05) is 12.0 Å². The van der Waals surface area contributed by atoms with Gasteiger partial charge in [-0.25, -0.2) is 0 Å². The predicted molar refractivity (Wildman–Crippen MR) is 73.2 cm³/mol. The number of aromatic nitrogens is 2. The molecule has 0 aliphatic heterocycles. The van der Waals surface area contributed by atoms with E-state index < -0.39 is 0 Å². The third-order valence-corrected chi connectivity index (χ3v) is 3.08. The van der Waals surface area contributed by atoms with Crippen molar-refractivity contribution in [3.63, 3.8) is 0 Å². The largest absolute Gasteiger partial charge is 0.406 e. The number of anilines is 2. The SMILES string of the molecule is CCNCc1nnc(Nc2ccc(SC)cc2)o1. The highest BCUT2D eigenvalue weighted by Crippen LogP contribution is 2.20. The zero-order valence-electron chi connectivity index (χ0n) is 10.4. The van der Waals surface area contributed by atoms with Gasteiger partial charge in [-0.2, -0.15) is 0 Å². The standard InChI is InChI=1S/C12H16N4OS/c1-3-13-8-11-15-16-12(17-11)14-9-4-6-10(18-2)7-5-9/h4-7,13H,3,8H2,1-2H3,(H,14,16). The molecule has 0 bridgehead atoms. The maximum Gasteiger partial charge on any atom is 0.320 e.